The lowest BCUT2D eigenvalue weighted by Gasteiger charge is -2.14. The van der Waals surface area contributed by atoms with E-state index in [9.17, 15) is 8.78 Å². The highest BCUT2D eigenvalue weighted by molar-refractivity contribution is 5.83. The summed E-state index contributed by atoms with van der Waals surface area (Å²) in [5, 5.41) is 12.0. The minimum atomic E-state index is -0.471. The third kappa shape index (κ3) is 2.57. The zero-order valence-electron chi connectivity index (χ0n) is 14.9. The maximum atomic E-state index is 14.8. The Bertz CT molecular complexity index is 1090. The van der Waals surface area contributed by atoms with Gasteiger partial charge in [0.2, 0.25) is 5.95 Å². The van der Waals surface area contributed by atoms with Gasteiger partial charge in [-0.1, -0.05) is 45.0 Å². The molecule has 0 bridgehead atoms. The van der Waals surface area contributed by atoms with E-state index in [0.29, 0.717) is 23.0 Å². The number of hydrogen-bond acceptors (Lipinski definition) is 2. The molecule has 2 aromatic carbocycles. The zero-order chi connectivity index (χ0) is 18.4. The molecule has 6 heteroatoms. The molecule has 0 radical (unpaired) electrons. The van der Waals surface area contributed by atoms with Crippen LogP contribution in [0.25, 0.3) is 21.8 Å². The van der Waals surface area contributed by atoms with Crippen molar-refractivity contribution in [2.24, 2.45) is 0 Å². The number of hydrogen-bond donors (Lipinski definition) is 1. The first kappa shape index (κ1) is 16.7. The Morgan fingerprint density at radius 3 is 2.65 bits per heavy atom. The number of nitrogens with one attached hydrogen (secondary N) is 1. The lowest BCUT2D eigenvalue weighted by atomic mass is 9.98. The predicted molar refractivity (Wildman–Crippen MR) is 98.2 cm³/mol. The molecular weight excluding hydrogens is 334 g/mol. The Hall–Kier alpha value is -2.76. The van der Waals surface area contributed by atoms with Crippen molar-refractivity contribution in [3.63, 3.8) is 0 Å². The van der Waals surface area contributed by atoms with Crippen LogP contribution in [0.5, 0.6) is 0 Å². The predicted octanol–water partition coefficient (Wildman–Crippen LogP) is 5.12. The van der Waals surface area contributed by atoms with Gasteiger partial charge in [-0.25, -0.2) is 4.39 Å². The van der Waals surface area contributed by atoms with Gasteiger partial charge in [-0.05, 0) is 23.1 Å². The van der Waals surface area contributed by atoms with E-state index >= 15 is 0 Å². The summed E-state index contributed by atoms with van der Waals surface area (Å²) in [4.78, 5) is 0. The van der Waals surface area contributed by atoms with E-state index in [4.69, 9.17) is 0 Å². The van der Waals surface area contributed by atoms with Crippen molar-refractivity contribution in [2.45, 2.75) is 39.2 Å². The Morgan fingerprint density at radius 2 is 1.88 bits per heavy atom. The molecular formula is C20H20F2N4. The molecule has 0 amide bonds. The lowest BCUT2D eigenvalue weighted by molar-refractivity contribution is 0.492. The van der Waals surface area contributed by atoms with Crippen molar-refractivity contribution in [3.05, 3.63) is 59.4 Å². The van der Waals surface area contributed by atoms with E-state index in [1.165, 1.54) is 0 Å². The molecule has 2 heterocycles. The van der Waals surface area contributed by atoms with E-state index in [2.05, 4.69) is 15.3 Å². The van der Waals surface area contributed by atoms with Gasteiger partial charge in [-0.2, -0.15) is 9.49 Å². The van der Waals surface area contributed by atoms with Gasteiger partial charge >= 0.3 is 0 Å². The molecule has 1 N–H and O–H groups in total. The first-order valence-electron chi connectivity index (χ1n) is 8.73. The second-order valence-electron chi connectivity index (χ2n) is 7.07. The van der Waals surface area contributed by atoms with Crippen LogP contribution < -0.4 is 0 Å². The molecule has 0 aliphatic rings. The first-order chi connectivity index (χ1) is 12.5. The van der Waals surface area contributed by atoms with Crippen molar-refractivity contribution < 1.29 is 8.78 Å². The van der Waals surface area contributed by atoms with Crippen molar-refractivity contribution in [2.75, 3.05) is 0 Å². The highest BCUT2D eigenvalue weighted by Gasteiger charge is 2.20. The van der Waals surface area contributed by atoms with Crippen LogP contribution in [0.3, 0.4) is 0 Å². The number of nitrogens with zero attached hydrogens (tertiary/aromatic N) is 3. The average molecular weight is 354 g/mol. The van der Waals surface area contributed by atoms with Gasteiger partial charge in [0.05, 0.1) is 17.1 Å². The summed E-state index contributed by atoms with van der Waals surface area (Å²) in [7, 11) is 0. The Kier molecular flexibility index (Phi) is 3.98. The van der Waals surface area contributed by atoms with Crippen LogP contribution >= 0.6 is 0 Å². The van der Waals surface area contributed by atoms with E-state index < -0.39 is 5.95 Å². The fourth-order valence-electron chi connectivity index (χ4n) is 3.56. The van der Waals surface area contributed by atoms with Gasteiger partial charge in [0.25, 0.3) is 0 Å². The van der Waals surface area contributed by atoms with Crippen molar-refractivity contribution in [1.29, 1.82) is 0 Å². The molecule has 0 aliphatic carbocycles. The lowest BCUT2D eigenvalue weighted by Crippen LogP contribution is -2.09. The third-order valence-electron chi connectivity index (χ3n) is 4.95. The van der Waals surface area contributed by atoms with Gasteiger partial charge in [0.1, 0.15) is 5.52 Å². The normalized spacial score (nSPS) is 13.2. The SMILES string of the molecule is CC(C)c1cccc2c1c(F)nn2CC(C)c1ccc2cn[nH]c2c1F. The van der Waals surface area contributed by atoms with Crippen molar-refractivity contribution in [1.82, 2.24) is 20.0 Å². The highest BCUT2D eigenvalue weighted by atomic mass is 19.1. The minimum Gasteiger partial charge on any atom is -0.275 e. The second-order valence-corrected chi connectivity index (χ2v) is 7.07. The molecule has 0 spiro atoms. The molecule has 4 aromatic rings. The second kappa shape index (κ2) is 6.20. The number of halogens is 2. The van der Waals surface area contributed by atoms with Gasteiger partial charge in [0, 0.05) is 17.8 Å². The summed E-state index contributed by atoms with van der Waals surface area (Å²) < 4.78 is 30.9. The summed E-state index contributed by atoms with van der Waals surface area (Å²) in [6.45, 7) is 6.36. The van der Waals surface area contributed by atoms with E-state index in [-0.39, 0.29) is 17.7 Å². The molecule has 4 rings (SSSR count). The molecule has 0 fully saturated rings. The molecule has 134 valence electrons. The Labute approximate surface area is 149 Å². The first-order valence-corrected chi connectivity index (χ1v) is 8.73. The summed E-state index contributed by atoms with van der Waals surface area (Å²) in [5.41, 5.74) is 2.63. The van der Waals surface area contributed by atoms with E-state index in [1.807, 2.05) is 45.0 Å². The molecule has 1 atom stereocenters. The molecule has 1 unspecified atom stereocenters. The largest absolute Gasteiger partial charge is 0.275 e. The molecule has 0 saturated carbocycles. The quantitative estimate of drug-likeness (QED) is 0.553. The molecule has 2 aromatic heterocycles. The van der Waals surface area contributed by atoms with Crippen LogP contribution in [0.1, 0.15) is 43.7 Å². The van der Waals surface area contributed by atoms with E-state index in [1.54, 1.807) is 16.9 Å². The van der Waals surface area contributed by atoms with Gasteiger partial charge in [0.15, 0.2) is 5.82 Å². The summed E-state index contributed by atoms with van der Waals surface area (Å²) in [6, 6.07) is 9.30. The zero-order valence-corrected chi connectivity index (χ0v) is 14.9. The average Bonchev–Trinajstić information content (AvgIpc) is 3.21. The fraction of sp³-hybridized carbons (Fsp3) is 0.300. The topological polar surface area (TPSA) is 46.5 Å². The Balaban J connectivity index is 1.75. The van der Waals surface area contributed by atoms with Crippen LogP contribution in [-0.4, -0.2) is 20.0 Å². The maximum Gasteiger partial charge on any atom is 0.240 e. The van der Waals surface area contributed by atoms with Crippen LogP contribution in [0, 0.1) is 11.8 Å². The van der Waals surface area contributed by atoms with Crippen LogP contribution in [0.15, 0.2) is 36.5 Å². The van der Waals surface area contributed by atoms with Crippen molar-refractivity contribution in [3.8, 4) is 0 Å². The smallest absolute Gasteiger partial charge is 0.240 e. The minimum absolute atomic E-state index is 0.173. The summed E-state index contributed by atoms with van der Waals surface area (Å²) in [5.74, 6) is -0.760. The molecule has 0 saturated heterocycles. The molecule has 4 nitrogen and oxygen atoms in total. The van der Waals surface area contributed by atoms with Crippen LogP contribution in [-0.2, 0) is 6.54 Å². The van der Waals surface area contributed by atoms with Crippen molar-refractivity contribution >= 4 is 21.8 Å². The summed E-state index contributed by atoms with van der Waals surface area (Å²) >= 11 is 0. The number of H-pyrrole nitrogens is 1. The van der Waals surface area contributed by atoms with Crippen LogP contribution in [0.2, 0.25) is 0 Å². The third-order valence-corrected chi connectivity index (χ3v) is 4.95. The number of fused-ring (bicyclic) bond motifs is 2. The van der Waals surface area contributed by atoms with E-state index in [0.717, 1.165) is 16.5 Å². The summed E-state index contributed by atoms with van der Waals surface area (Å²) in [6.07, 6.45) is 1.59. The number of aromatic amines is 1. The maximum absolute atomic E-state index is 14.8. The standard InChI is InChI=1S/C20H20F2N4/c1-11(2)14-5-4-6-16-17(14)20(22)25-26(16)10-12(3)15-8-7-13-9-23-24-19(13)18(15)21/h4-9,11-12H,10H2,1-3H3,(H,23,24). The molecule has 26 heavy (non-hydrogen) atoms. The molecule has 0 aliphatic heterocycles. The Morgan fingerprint density at radius 1 is 1.08 bits per heavy atom. The van der Waals surface area contributed by atoms with Gasteiger partial charge in [-0.3, -0.25) is 9.78 Å². The fourth-order valence-corrected chi connectivity index (χ4v) is 3.56. The number of rotatable bonds is 4. The highest BCUT2D eigenvalue weighted by Crippen LogP contribution is 2.30. The number of aromatic nitrogens is 4. The van der Waals surface area contributed by atoms with Gasteiger partial charge in [-0.15, -0.1) is 5.10 Å². The van der Waals surface area contributed by atoms with Gasteiger partial charge < -0.3 is 0 Å². The van der Waals surface area contributed by atoms with Crippen LogP contribution in [0.4, 0.5) is 8.78 Å². The number of benzene rings is 2. The monoisotopic (exact) mass is 354 g/mol.